The van der Waals surface area contributed by atoms with Gasteiger partial charge in [0.1, 0.15) is 0 Å². The summed E-state index contributed by atoms with van der Waals surface area (Å²) in [5.74, 6) is 0.597. The number of esters is 2. The van der Waals surface area contributed by atoms with Gasteiger partial charge in [0.15, 0.2) is 0 Å². The third-order valence-electron chi connectivity index (χ3n) is 5.01. The van der Waals surface area contributed by atoms with E-state index in [2.05, 4.69) is 34.6 Å². The molecule has 4 heteroatoms. The first-order valence-electron chi connectivity index (χ1n) is 11.7. The smallest absolute Gasteiger partial charge is 0.309 e. The lowest BCUT2D eigenvalue weighted by Crippen LogP contribution is -2.23. The van der Waals surface area contributed by atoms with Gasteiger partial charge in [-0.15, -0.1) is 0 Å². The van der Waals surface area contributed by atoms with Crippen molar-refractivity contribution < 1.29 is 19.1 Å². The van der Waals surface area contributed by atoms with Crippen molar-refractivity contribution in [1.82, 2.24) is 0 Å². The van der Waals surface area contributed by atoms with Gasteiger partial charge in [-0.1, -0.05) is 86.0 Å². The Kier molecular flexibility index (Phi) is 17.3. The van der Waals surface area contributed by atoms with Crippen molar-refractivity contribution in [2.75, 3.05) is 13.2 Å². The minimum atomic E-state index is -0.357. The van der Waals surface area contributed by atoms with E-state index in [1.165, 1.54) is 25.7 Å². The average molecular weight is 399 g/mol. The zero-order valence-corrected chi connectivity index (χ0v) is 19.3. The van der Waals surface area contributed by atoms with E-state index < -0.39 is 0 Å². The van der Waals surface area contributed by atoms with Gasteiger partial charge in [-0.05, 0) is 31.1 Å². The van der Waals surface area contributed by atoms with Gasteiger partial charge in [0.25, 0.3) is 0 Å². The molecule has 0 N–H and O–H groups in total. The van der Waals surface area contributed by atoms with Crippen LogP contribution in [-0.4, -0.2) is 25.2 Å². The van der Waals surface area contributed by atoms with E-state index in [-0.39, 0.29) is 24.3 Å². The molecule has 0 fully saturated rings. The normalized spacial score (nSPS) is 12.4. The average Bonchev–Trinajstić information content (AvgIpc) is 2.63. The fourth-order valence-electron chi connectivity index (χ4n) is 3.15. The van der Waals surface area contributed by atoms with Crippen LogP contribution < -0.4 is 0 Å². The third-order valence-corrected chi connectivity index (χ3v) is 5.01. The lowest BCUT2D eigenvalue weighted by molar-refractivity contribution is -0.155. The molecule has 0 saturated heterocycles. The van der Waals surface area contributed by atoms with Crippen molar-refractivity contribution in [1.29, 1.82) is 0 Å². The molecule has 0 amide bonds. The maximum absolute atomic E-state index is 12.4. The number of hydrogen-bond acceptors (Lipinski definition) is 4. The predicted octanol–water partition coefficient (Wildman–Crippen LogP) is 6.70. The highest BCUT2D eigenvalue weighted by atomic mass is 16.5. The molecule has 0 rings (SSSR count). The third kappa shape index (κ3) is 17.1. The molecule has 0 spiro atoms. The summed E-state index contributed by atoms with van der Waals surface area (Å²) in [6.07, 6.45) is 11.6. The Balaban J connectivity index is 4.05. The number of unbranched alkanes of at least 4 members (excludes halogenated alkanes) is 5. The van der Waals surface area contributed by atoms with E-state index in [9.17, 15) is 9.59 Å². The second-order valence-corrected chi connectivity index (χ2v) is 8.92. The second-order valence-electron chi connectivity index (χ2n) is 8.92. The maximum atomic E-state index is 12.4. The fraction of sp³-hybridized carbons (Fsp3) is 0.917. The minimum absolute atomic E-state index is 0.151. The zero-order valence-electron chi connectivity index (χ0n) is 19.3. The highest BCUT2D eigenvalue weighted by molar-refractivity contribution is 5.79. The van der Waals surface area contributed by atoms with Crippen molar-refractivity contribution >= 4 is 11.9 Å². The van der Waals surface area contributed by atoms with Crippen LogP contribution in [0.15, 0.2) is 0 Å². The quantitative estimate of drug-likeness (QED) is 0.190. The summed E-state index contributed by atoms with van der Waals surface area (Å²) in [5.41, 5.74) is 0. The summed E-state index contributed by atoms with van der Waals surface area (Å²) >= 11 is 0. The largest absolute Gasteiger partial charge is 0.466 e. The molecule has 0 aromatic rings. The molecule has 4 nitrogen and oxygen atoms in total. The van der Waals surface area contributed by atoms with E-state index in [0.29, 0.717) is 19.6 Å². The molecule has 166 valence electrons. The first-order valence-corrected chi connectivity index (χ1v) is 11.7. The van der Waals surface area contributed by atoms with Gasteiger partial charge < -0.3 is 9.47 Å². The van der Waals surface area contributed by atoms with Crippen LogP contribution in [0.5, 0.6) is 0 Å². The highest BCUT2D eigenvalue weighted by Crippen LogP contribution is 2.17. The number of ether oxygens (including phenoxy) is 2. The van der Waals surface area contributed by atoms with E-state index in [0.717, 1.165) is 50.4 Å². The summed E-state index contributed by atoms with van der Waals surface area (Å²) in [6.45, 7) is 11.9. The predicted molar refractivity (Wildman–Crippen MR) is 116 cm³/mol. The number of hydrogen-bond donors (Lipinski definition) is 0. The van der Waals surface area contributed by atoms with Crippen molar-refractivity contribution in [3.8, 4) is 0 Å². The summed E-state index contributed by atoms with van der Waals surface area (Å²) in [6, 6.07) is 0. The number of rotatable bonds is 18. The Morgan fingerprint density at radius 1 is 0.679 bits per heavy atom. The molecule has 0 heterocycles. The maximum Gasteiger partial charge on any atom is 0.309 e. The van der Waals surface area contributed by atoms with Crippen LogP contribution >= 0.6 is 0 Å². The fourth-order valence-corrected chi connectivity index (χ4v) is 3.15. The van der Waals surface area contributed by atoms with Gasteiger partial charge in [-0.25, -0.2) is 0 Å². The lowest BCUT2D eigenvalue weighted by Gasteiger charge is -2.15. The van der Waals surface area contributed by atoms with Crippen LogP contribution in [0.4, 0.5) is 0 Å². The summed E-state index contributed by atoms with van der Waals surface area (Å²) in [5, 5.41) is 0. The van der Waals surface area contributed by atoms with E-state index >= 15 is 0 Å². The Bertz CT molecular complexity index is 390. The first kappa shape index (κ1) is 26.9. The van der Waals surface area contributed by atoms with Crippen LogP contribution in [0.25, 0.3) is 0 Å². The monoisotopic (exact) mass is 398 g/mol. The topological polar surface area (TPSA) is 52.6 Å². The molecule has 0 radical (unpaired) electrons. The highest BCUT2D eigenvalue weighted by Gasteiger charge is 2.23. The molecule has 1 unspecified atom stereocenters. The number of carbonyl (C=O) groups is 2. The van der Waals surface area contributed by atoms with Crippen LogP contribution in [0.3, 0.4) is 0 Å². The van der Waals surface area contributed by atoms with Crippen molar-refractivity contribution in [2.24, 2.45) is 17.8 Å². The van der Waals surface area contributed by atoms with Crippen molar-refractivity contribution in [2.45, 2.75) is 112 Å². The van der Waals surface area contributed by atoms with E-state index in [1.54, 1.807) is 0 Å². The number of carbonyl (C=O) groups excluding carboxylic acids is 2. The lowest BCUT2D eigenvalue weighted by atomic mass is 9.98. The van der Waals surface area contributed by atoms with Crippen LogP contribution in [0, 0.1) is 17.8 Å². The molecule has 0 saturated carbocycles. The molecule has 1 atom stereocenters. The molecule has 0 aliphatic heterocycles. The van der Waals surface area contributed by atoms with Crippen LogP contribution in [0.1, 0.15) is 112 Å². The van der Waals surface area contributed by atoms with Gasteiger partial charge in [-0.3, -0.25) is 9.59 Å². The van der Waals surface area contributed by atoms with Crippen LogP contribution in [0.2, 0.25) is 0 Å². The SMILES string of the molecule is CCCCC(CC(=O)OCCCCCC(C)C)C(=O)OCCCCCC(C)C. The molecule has 0 aromatic carbocycles. The molecule has 0 aliphatic carbocycles. The molecular weight excluding hydrogens is 352 g/mol. The van der Waals surface area contributed by atoms with Gasteiger partial charge >= 0.3 is 11.9 Å². The summed E-state index contributed by atoms with van der Waals surface area (Å²) < 4.78 is 10.8. The van der Waals surface area contributed by atoms with Crippen LogP contribution in [-0.2, 0) is 19.1 Å². The minimum Gasteiger partial charge on any atom is -0.466 e. The van der Waals surface area contributed by atoms with Gasteiger partial charge in [0.2, 0.25) is 0 Å². The summed E-state index contributed by atoms with van der Waals surface area (Å²) in [4.78, 5) is 24.5. The first-order chi connectivity index (χ1) is 13.4. The molecule has 0 aliphatic rings. The van der Waals surface area contributed by atoms with E-state index in [4.69, 9.17) is 9.47 Å². The zero-order chi connectivity index (χ0) is 21.2. The molecule has 0 bridgehead atoms. The van der Waals surface area contributed by atoms with Gasteiger partial charge in [0.05, 0.1) is 25.6 Å². The van der Waals surface area contributed by atoms with Gasteiger partial charge in [0, 0.05) is 0 Å². The Hall–Kier alpha value is -1.06. The molecule has 0 aromatic heterocycles. The Morgan fingerprint density at radius 2 is 1.21 bits per heavy atom. The Labute approximate surface area is 174 Å². The van der Waals surface area contributed by atoms with Crippen molar-refractivity contribution in [3.05, 3.63) is 0 Å². The summed E-state index contributed by atoms with van der Waals surface area (Å²) in [7, 11) is 0. The molecule has 28 heavy (non-hydrogen) atoms. The standard InChI is InChI=1S/C24H46O4/c1-6-7-16-22(24(26)28-18-13-9-11-15-21(4)5)19-23(25)27-17-12-8-10-14-20(2)3/h20-22H,6-19H2,1-5H3. The van der Waals surface area contributed by atoms with E-state index in [1.807, 2.05) is 0 Å². The Morgan fingerprint density at radius 3 is 1.71 bits per heavy atom. The molecular formula is C24H46O4. The second kappa shape index (κ2) is 18.0. The van der Waals surface area contributed by atoms with Crippen molar-refractivity contribution in [3.63, 3.8) is 0 Å². The van der Waals surface area contributed by atoms with Gasteiger partial charge in [-0.2, -0.15) is 0 Å².